The van der Waals surface area contributed by atoms with E-state index in [9.17, 15) is 9.18 Å². The van der Waals surface area contributed by atoms with Crippen molar-refractivity contribution in [2.24, 2.45) is 11.7 Å². The first kappa shape index (κ1) is 11.1. The van der Waals surface area contributed by atoms with Crippen LogP contribution in [-0.4, -0.2) is 30.4 Å². The molecule has 0 bridgehead atoms. The number of aryl methyl sites for hydroxylation is 1. The Hall–Kier alpha value is -1.42. The van der Waals surface area contributed by atoms with E-state index in [2.05, 4.69) is 0 Å². The maximum Gasteiger partial charge on any atom is 0.256 e. The van der Waals surface area contributed by atoms with E-state index in [1.165, 1.54) is 6.07 Å². The van der Waals surface area contributed by atoms with Gasteiger partial charge < -0.3 is 10.6 Å². The van der Waals surface area contributed by atoms with Crippen LogP contribution in [0.25, 0.3) is 0 Å². The normalized spacial score (nSPS) is 16.1. The number of carbonyl (C=O) groups excluding carboxylic acids is 1. The lowest BCUT2D eigenvalue weighted by molar-refractivity contribution is 0.0510. The topological polar surface area (TPSA) is 46.3 Å². The van der Waals surface area contributed by atoms with Gasteiger partial charge in [-0.25, -0.2) is 4.39 Å². The van der Waals surface area contributed by atoms with E-state index in [4.69, 9.17) is 5.73 Å². The summed E-state index contributed by atoms with van der Waals surface area (Å²) in [6.07, 6.45) is 0. The van der Waals surface area contributed by atoms with Gasteiger partial charge in [-0.3, -0.25) is 4.79 Å². The molecule has 0 radical (unpaired) electrons. The fourth-order valence-corrected chi connectivity index (χ4v) is 1.85. The molecule has 1 fully saturated rings. The largest absolute Gasteiger partial charge is 0.338 e. The van der Waals surface area contributed by atoms with Crippen LogP contribution in [0.3, 0.4) is 0 Å². The van der Waals surface area contributed by atoms with Crippen molar-refractivity contribution in [3.63, 3.8) is 0 Å². The standard InChI is InChI=1S/C12H15FN2O/c1-8-2-3-10(11(13)4-8)12(16)15-6-9(5-14)7-15/h2-4,9H,5-7,14H2,1H3. The Labute approximate surface area is 94.0 Å². The predicted molar refractivity (Wildman–Crippen MR) is 59.6 cm³/mol. The highest BCUT2D eigenvalue weighted by Gasteiger charge is 2.31. The van der Waals surface area contributed by atoms with E-state index in [0.29, 0.717) is 25.6 Å². The van der Waals surface area contributed by atoms with Gasteiger partial charge in [0.25, 0.3) is 5.91 Å². The first-order valence-corrected chi connectivity index (χ1v) is 5.37. The summed E-state index contributed by atoms with van der Waals surface area (Å²) in [7, 11) is 0. The zero-order chi connectivity index (χ0) is 11.7. The Balaban J connectivity index is 2.10. The Kier molecular flexibility index (Phi) is 2.92. The SMILES string of the molecule is Cc1ccc(C(=O)N2CC(CN)C2)c(F)c1. The summed E-state index contributed by atoms with van der Waals surface area (Å²) in [4.78, 5) is 13.5. The first-order valence-electron chi connectivity index (χ1n) is 5.37. The molecule has 2 rings (SSSR count). The number of nitrogens with two attached hydrogens (primary N) is 1. The summed E-state index contributed by atoms with van der Waals surface area (Å²) in [6.45, 7) is 3.66. The van der Waals surface area contributed by atoms with E-state index in [1.807, 2.05) is 0 Å². The van der Waals surface area contributed by atoms with Gasteiger partial charge in [-0.1, -0.05) is 6.07 Å². The van der Waals surface area contributed by atoms with E-state index in [-0.39, 0.29) is 11.5 Å². The molecule has 1 aromatic rings. The molecule has 0 unspecified atom stereocenters. The van der Waals surface area contributed by atoms with Gasteiger partial charge in [0, 0.05) is 19.0 Å². The van der Waals surface area contributed by atoms with Crippen LogP contribution >= 0.6 is 0 Å². The molecule has 3 nitrogen and oxygen atoms in total. The number of amides is 1. The van der Waals surface area contributed by atoms with Gasteiger partial charge in [-0.05, 0) is 31.2 Å². The van der Waals surface area contributed by atoms with Crippen LogP contribution in [-0.2, 0) is 0 Å². The van der Waals surface area contributed by atoms with Crippen LogP contribution < -0.4 is 5.73 Å². The molecule has 0 atom stereocenters. The number of hydrogen-bond acceptors (Lipinski definition) is 2. The summed E-state index contributed by atoms with van der Waals surface area (Å²) >= 11 is 0. The van der Waals surface area contributed by atoms with Gasteiger partial charge in [0.15, 0.2) is 0 Å². The molecule has 1 aliphatic heterocycles. The molecule has 4 heteroatoms. The second-order valence-corrected chi connectivity index (χ2v) is 4.30. The lowest BCUT2D eigenvalue weighted by Crippen LogP contribution is -2.52. The molecule has 1 amide bonds. The molecule has 2 N–H and O–H groups in total. The molecule has 0 spiro atoms. The van der Waals surface area contributed by atoms with E-state index < -0.39 is 5.82 Å². The van der Waals surface area contributed by atoms with E-state index in [1.54, 1.807) is 24.0 Å². The van der Waals surface area contributed by atoms with Crippen molar-refractivity contribution in [3.8, 4) is 0 Å². The van der Waals surface area contributed by atoms with Gasteiger partial charge in [-0.15, -0.1) is 0 Å². The third-order valence-corrected chi connectivity index (χ3v) is 2.93. The van der Waals surface area contributed by atoms with E-state index >= 15 is 0 Å². The predicted octanol–water partition coefficient (Wildman–Crippen LogP) is 1.16. The average Bonchev–Trinajstić information content (AvgIpc) is 2.15. The number of nitrogens with zero attached hydrogens (tertiary/aromatic N) is 1. The minimum atomic E-state index is -0.443. The average molecular weight is 222 g/mol. The highest BCUT2D eigenvalue weighted by molar-refractivity contribution is 5.95. The van der Waals surface area contributed by atoms with E-state index in [0.717, 1.165) is 5.56 Å². The summed E-state index contributed by atoms with van der Waals surface area (Å²) in [5, 5.41) is 0. The van der Waals surface area contributed by atoms with Crippen LogP contribution in [0.2, 0.25) is 0 Å². The molecule has 1 aliphatic rings. The molecule has 1 saturated heterocycles. The molecule has 16 heavy (non-hydrogen) atoms. The van der Waals surface area contributed by atoms with Crippen LogP contribution in [0.5, 0.6) is 0 Å². The molecule has 1 heterocycles. The van der Waals surface area contributed by atoms with Crippen molar-refractivity contribution in [2.45, 2.75) is 6.92 Å². The van der Waals surface area contributed by atoms with Crippen LogP contribution in [0.15, 0.2) is 18.2 Å². The fourth-order valence-electron chi connectivity index (χ4n) is 1.85. The van der Waals surface area contributed by atoms with Crippen LogP contribution in [0.1, 0.15) is 15.9 Å². The van der Waals surface area contributed by atoms with Gasteiger partial charge in [-0.2, -0.15) is 0 Å². The van der Waals surface area contributed by atoms with Gasteiger partial charge in [0.05, 0.1) is 5.56 Å². The highest BCUT2D eigenvalue weighted by Crippen LogP contribution is 2.19. The van der Waals surface area contributed by atoms with Gasteiger partial charge >= 0.3 is 0 Å². The number of hydrogen-bond donors (Lipinski definition) is 1. The number of benzene rings is 1. The van der Waals surface area contributed by atoms with Crippen LogP contribution in [0.4, 0.5) is 4.39 Å². The molecule has 0 aliphatic carbocycles. The second-order valence-electron chi connectivity index (χ2n) is 4.30. The Morgan fingerprint density at radius 3 is 2.81 bits per heavy atom. The molecule has 0 aromatic heterocycles. The van der Waals surface area contributed by atoms with Crippen molar-refractivity contribution >= 4 is 5.91 Å². The number of rotatable bonds is 2. The molecule has 1 aromatic carbocycles. The Bertz CT molecular complexity index is 413. The molecular weight excluding hydrogens is 207 g/mol. The zero-order valence-corrected chi connectivity index (χ0v) is 9.24. The maximum absolute atomic E-state index is 13.5. The van der Waals surface area contributed by atoms with Crippen LogP contribution in [0, 0.1) is 18.7 Å². The number of likely N-dealkylation sites (tertiary alicyclic amines) is 1. The van der Waals surface area contributed by atoms with Crippen molar-refractivity contribution < 1.29 is 9.18 Å². The Morgan fingerprint density at radius 1 is 1.56 bits per heavy atom. The first-order chi connectivity index (χ1) is 7.61. The summed E-state index contributed by atoms with van der Waals surface area (Å²) in [5.74, 6) is -0.305. The van der Waals surface area contributed by atoms with Crippen molar-refractivity contribution in [2.75, 3.05) is 19.6 Å². The summed E-state index contributed by atoms with van der Waals surface area (Å²) in [6, 6.07) is 4.67. The molecule has 0 saturated carbocycles. The lowest BCUT2D eigenvalue weighted by atomic mass is 9.99. The minimum Gasteiger partial charge on any atom is -0.338 e. The monoisotopic (exact) mass is 222 g/mol. The lowest BCUT2D eigenvalue weighted by Gasteiger charge is -2.38. The fraction of sp³-hybridized carbons (Fsp3) is 0.417. The Morgan fingerprint density at radius 2 is 2.25 bits per heavy atom. The van der Waals surface area contributed by atoms with Crippen molar-refractivity contribution in [3.05, 3.63) is 35.1 Å². The summed E-state index contributed by atoms with van der Waals surface area (Å²) < 4.78 is 13.5. The number of carbonyl (C=O) groups is 1. The molecule has 86 valence electrons. The quantitative estimate of drug-likeness (QED) is 0.816. The third kappa shape index (κ3) is 1.93. The van der Waals surface area contributed by atoms with Crippen molar-refractivity contribution in [1.82, 2.24) is 4.90 Å². The van der Waals surface area contributed by atoms with Gasteiger partial charge in [0.2, 0.25) is 0 Å². The second kappa shape index (κ2) is 4.22. The summed E-state index contributed by atoms with van der Waals surface area (Å²) in [5.41, 5.74) is 6.44. The smallest absolute Gasteiger partial charge is 0.256 e. The zero-order valence-electron chi connectivity index (χ0n) is 9.24. The highest BCUT2D eigenvalue weighted by atomic mass is 19.1. The minimum absolute atomic E-state index is 0.154. The number of halogens is 1. The maximum atomic E-state index is 13.5. The van der Waals surface area contributed by atoms with Gasteiger partial charge in [0.1, 0.15) is 5.82 Å². The molecular formula is C12H15FN2O. The van der Waals surface area contributed by atoms with Crippen molar-refractivity contribution in [1.29, 1.82) is 0 Å². The third-order valence-electron chi connectivity index (χ3n) is 2.93.